The monoisotopic (exact) mass is 288 g/mol. The maximum Gasteiger partial charge on any atom is 0.523 e. The summed E-state index contributed by atoms with van der Waals surface area (Å²) in [5, 5.41) is 0. The molecule has 1 aromatic carbocycles. The molecule has 0 aliphatic heterocycles. The summed E-state index contributed by atoms with van der Waals surface area (Å²) in [7, 11) is -8.08. The largest absolute Gasteiger partial charge is 0.523 e. The summed E-state index contributed by atoms with van der Waals surface area (Å²) in [6, 6.07) is 7.95. The molecule has 0 aliphatic carbocycles. The SMILES string of the molecule is CS(C)(OS(=O)(=O)C(F)(F)F)c1ccccc1. The van der Waals surface area contributed by atoms with Gasteiger partial charge in [-0.05, 0) is 24.6 Å². The van der Waals surface area contributed by atoms with E-state index in [1.807, 2.05) is 0 Å². The van der Waals surface area contributed by atoms with Crippen molar-refractivity contribution in [2.75, 3.05) is 12.5 Å². The lowest BCUT2D eigenvalue weighted by Crippen LogP contribution is -2.26. The van der Waals surface area contributed by atoms with Crippen molar-refractivity contribution in [2.45, 2.75) is 10.4 Å². The summed E-state index contributed by atoms with van der Waals surface area (Å²) in [4.78, 5) is 0.424. The lowest BCUT2D eigenvalue weighted by molar-refractivity contribution is -0.0495. The second-order valence-electron chi connectivity index (χ2n) is 3.51. The van der Waals surface area contributed by atoms with Gasteiger partial charge in [-0.3, -0.25) is 0 Å². The van der Waals surface area contributed by atoms with E-state index in [9.17, 15) is 21.6 Å². The third-order valence-corrected chi connectivity index (χ3v) is 5.91. The van der Waals surface area contributed by atoms with Crippen LogP contribution in [0.3, 0.4) is 0 Å². The lowest BCUT2D eigenvalue weighted by Gasteiger charge is -2.30. The van der Waals surface area contributed by atoms with Gasteiger partial charge in [0, 0.05) is 4.90 Å². The molecule has 1 aromatic rings. The molecule has 0 unspecified atom stereocenters. The number of benzene rings is 1. The van der Waals surface area contributed by atoms with E-state index in [4.69, 9.17) is 0 Å². The Balaban J connectivity index is 3.04. The van der Waals surface area contributed by atoms with E-state index in [1.165, 1.54) is 24.6 Å². The van der Waals surface area contributed by atoms with Gasteiger partial charge in [-0.15, -0.1) is 0 Å². The molecule has 0 saturated heterocycles. The van der Waals surface area contributed by atoms with E-state index >= 15 is 0 Å². The third kappa shape index (κ3) is 3.36. The fourth-order valence-corrected chi connectivity index (χ4v) is 4.28. The molecule has 17 heavy (non-hydrogen) atoms. The van der Waals surface area contributed by atoms with E-state index in [0.29, 0.717) is 4.90 Å². The summed E-state index contributed by atoms with van der Waals surface area (Å²) in [5.74, 6) is 0. The molecule has 1 rings (SSSR count). The first-order valence-electron chi connectivity index (χ1n) is 4.37. The Morgan fingerprint density at radius 3 is 1.94 bits per heavy atom. The van der Waals surface area contributed by atoms with Gasteiger partial charge >= 0.3 is 15.6 Å². The van der Waals surface area contributed by atoms with Crippen LogP contribution in [0.2, 0.25) is 0 Å². The van der Waals surface area contributed by atoms with Gasteiger partial charge in [0.25, 0.3) is 0 Å². The van der Waals surface area contributed by atoms with Crippen molar-refractivity contribution >= 4 is 20.4 Å². The van der Waals surface area contributed by atoms with Gasteiger partial charge in [0.05, 0.1) is 0 Å². The lowest BCUT2D eigenvalue weighted by atomic mass is 10.4. The maximum absolute atomic E-state index is 12.2. The molecule has 0 atom stereocenters. The highest BCUT2D eigenvalue weighted by Gasteiger charge is 2.49. The zero-order valence-corrected chi connectivity index (χ0v) is 10.7. The number of hydrogen-bond donors (Lipinski definition) is 0. The standard InChI is InChI=1S/C9H11F3O3S2/c1-16(2,8-6-4-3-5-7-8)15-17(13,14)9(10,11)12/h3-7H,1-2H3. The predicted octanol–water partition coefficient (Wildman–Crippen LogP) is 2.89. The number of rotatable bonds is 3. The van der Waals surface area contributed by atoms with Crippen molar-refractivity contribution in [2.24, 2.45) is 0 Å². The molecule has 98 valence electrons. The van der Waals surface area contributed by atoms with Crippen LogP contribution in [0.25, 0.3) is 0 Å². The van der Waals surface area contributed by atoms with Crippen LogP contribution in [0.5, 0.6) is 0 Å². The van der Waals surface area contributed by atoms with Crippen LogP contribution in [-0.2, 0) is 13.7 Å². The van der Waals surface area contributed by atoms with E-state index in [2.05, 4.69) is 3.63 Å². The molecule has 0 bridgehead atoms. The zero-order valence-electron chi connectivity index (χ0n) is 9.06. The van der Waals surface area contributed by atoms with Crippen LogP contribution in [-0.4, -0.2) is 26.4 Å². The van der Waals surface area contributed by atoms with Crippen molar-refractivity contribution in [3.05, 3.63) is 30.3 Å². The maximum atomic E-state index is 12.2. The minimum absolute atomic E-state index is 0.424. The molecule has 0 heterocycles. The Labute approximate surface area is 99.2 Å². The molecule has 0 radical (unpaired) electrons. The van der Waals surface area contributed by atoms with E-state index in [1.54, 1.807) is 18.2 Å². The Kier molecular flexibility index (Phi) is 3.80. The van der Waals surface area contributed by atoms with Gasteiger partial charge in [-0.1, -0.05) is 28.5 Å². The Bertz CT molecular complexity index is 480. The first-order chi connectivity index (χ1) is 7.56. The molecule has 0 saturated carbocycles. The fraction of sp³-hybridized carbons (Fsp3) is 0.333. The van der Waals surface area contributed by atoms with Crippen molar-refractivity contribution in [1.82, 2.24) is 0 Å². The van der Waals surface area contributed by atoms with Crippen LogP contribution < -0.4 is 0 Å². The van der Waals surface area contributed by atoms with Gasteiger partial charge in [0.15, 0.2) is 0 Å². The third-order valence-electron chi connectivity index (χ3n) is 1.85. The van der Waals surface area contributed by atoms with Gasteiger partial charge in [0.1, 0.15) is 0 Å². The highest BCUT2D eigenvalue weighted by molar-refractivity contribution is 8.32. The average molecular weight is 288 g/mol. The van der Waals surface area contributed by atoms with Crippen molar-refractivity contribution in [3.63, 3.8) is 0 Å². The molecular formula is C9H11F3O3S2. The second kappa shape index (κ2) is 4.51. The average Bonchev–Trinajstić information content (AvgIpc) is 2.15. The topological polar surface area (TPSA) is 43.4 Å². The van der Waals surface area contributed by atoms with Gasteiger partial charge in [-0.2, -0.15) is 21.6 Å². The zero-order chi connectivity index (χ0) is 13.3. The van der Waals surface area contributed by atoms with Gasteiger partial charge in [-0.25, -0.2) is 3.63 Å². The summed E-state index contributed by atoms with van der Waals surface area (Å²) >= 11 is 0. The minimum atomic E-state index is -5.57. The highest BCUT2D eigenvalue weighted by Crippen LogP contribution is 2.53. The van der Waals surface area contributed by atoms with Crippen LogP contribution in [0, 0.1) is 0 Å². The van der Waals surface area contributed by atoms with Crippen molar-refractivity contribution < 1.29 is 25.2 Å². The van der Waals surface area contributed by atoms with Gasteiger partial charge < -0.3 is 0 Å². The summed E-state index contributed by atoms with van der Waals surface area (Å²) < 4.78 is 62.7. The smallest absolute Gasteiger partial charge is 0.209 e. The first-order valence-corrected chi connectivity index (χ1v) is 8.15. The minimum Gasteiger partial charge on any atom is -0.209 e. The highest BCUT2D eigenvalue weighted by atomic mass is 32.3. The Morgan fingerprint density at radius 1 is 1.06 bits per heavy atom. The predicted molar refractivity (Wildman–Crippen MR) is 60.2 cm³/mol. The van der Waals surface area contributed by atoms with Crippen LogP contribution >= 0.6 is 10.3 Å². The van der Waals surface area contributed by atoms with Crippen LogP contribution in [0.4, 0.5) is 13.2 Å². The number of hydrogen-bond acceptors (Lipinski definition) is 3. The van der Waals surface area contributed by atoms with Crippen molar-refractivity contribution in [3.8, 4) is 0 Å². The van der Waals surface area contributed by atoms with Crippen LogP contribution in [0.15, 0.2) is 35.2 Å². The van der Waals surface area contributed by atoms with E-state index in [-0.39, 0.29) is 0 Å². The molecule has 8 heteroatoms. The molecule has 3 nitrogen and oxygen atoms in total. The Morgan fingerprint density at radius 2 is 1.53 bits per heavy atom. The summed E-state index contributed by atoms with van der Waals surface area (Å²) in [5.41, 5.74) is -5.40. The second-order valence-corrected chi connectivity index (χ2v) is 8.37. The molecule has 0 amide bonds. The van der Waals surface area contributed by atoms with Gasteiger partial charge in [0.2, 0.25) is 0 Å². The van der Waals surface area contributed by atoms with E-state index < -0.39 is 25.9 Å². The molecule has 0 aromatic heterocycles. The van der Waals surface area contributed by atoms with Crippen LogP contribution in [0.1, 0.15) is 0 Å². The van der Waals surface area contributed by atoms with E-state index in [0.717, 1.165) is 0 Å². The first kappa shape index (κ1) is 14.3. The normalized spacial score (nSPS) is 14.6. The molecule has 0 spiro atoms. The molecule has 0 N–H and O–H groups in total. The molecule has 0 aliphatic rings. The summed E-state index contributed by atoms with van der Waals surface area (Å²) in [6.07, 6.45) is 2.68. The quantitative estimate of drug-likeness (QED) is 0.803. The summed E-state index contributed by atoms with van der Waals surface area (Å²) in [6.45, 7) is 0. The fourth-order valence-electron chi connectivity index (χ4n) is 1.05. The molecule has 0 fully saturated rings. The number of halogens is 3. The Hall–Kier alpha value is -0.730. The number of alkyl halides is 3. The van der Waals surface area contributed by atoms with Crippen molar-refractivity contribution in [1.29, 1.82) is 0 Å². The molecular weight excluding hydrogens is 277 g/mol.